The van der Waals surface area contributed by atoms with Crippen LogP contribution in [-0.2, 0) is 4.79 Å². The Labute approximate surface area is 109 Å². The van der Waals surface area contributed by atoms with Crippen LogP contribution < -0.4 is 16.0 Å². The first-order chi connectivity index (χ1) is 8.72. The van der Waals surface area contributed by atoms with Crippen molar-refractivity contribution in [2.75, 3.05) is 19.6 Å². The lowest BCUT2D eigenvalue weighted by atomic mass is 9.87. The molecule has 1 saturated carbocycles. The first-order valence-electron chi connectivity index (χ1n) is 7.00. The molecule has 0 aromatic heterocycles. The Kier molecular flexibility index (Phi) is 7.22. The number of carbonyl (C=O) groups excluding carboxylic acids is 2. The quantitative estimate of drug-likeness (QED) is 0.628. The fraction of sp³-hybridized carbons (Fsp3) is 0.846. The van der Waals surface area contributed by atoms with E-state index in [9.17, 15) is 9.59 Å². The molecule has 0 spiro atoms. The molecule has 5 nitrogen and oxygen atoms in total. The molecule has 0 radical (unpaired) electrons. The number of urea groups is 1. The van der Waals surface area contributed by atoms with Gasteiger partial charge in [-0.05, 0) is 25.7 Å². The zero-order chi connectivity index (χ0) is 13.2. The third-order valence-electron chi connectivity index (χ3n) is 3.27. The van der Waals surface area contributed by atoms with E-state index in [0.717, 1.165) is 0 Å². The fourth-order valence-electron chi connectivity index (χ4n) is 2.33. The van der Waals surface area contributed by atoms with Gasteiger partial charge in [-0.3, -0.25) is 4.79 Å². The van der Waals surface area contributed by atoms with Crippen LogP contribution in [0.1, 0.15) is 45.4 Å². The van der Waals surface area contributed by atoms with Gasteiger partial charge in [0, 0.05) is 26.1 Å². The van der Waals surface area contributed by atoms with Crippen LogP contribution in [0.5, 0.6) is 0 Å². The van der Waals surface area contributed by atoms with Gasteiger partial charge in [-0.1, -0.05) is 19.3 Å². The number of hydrogen-bond donors (Lipinski definition) is 3. The molecule has 0 saturated heterocycles. The average Bonchev–Trinajstić information content (AvgIpc) is 2.36. The van der Waals surface area contributed by atoms with Crippen molar-refractivity contribution < 1.29 is 9.59 Å². The molecule has 0 unspecified atom stereocenters. The molecule has 0 aliphatic heterocycles. The maximum Gasteiger partial charge on any atom is 0.314 e. The Hall–Kier alpha value is -1.26. The van der Waals surface area contributed by atoms with E-state index in [4.69, 9.17) is 0 Å². The van der Waals surface area contributed by atoms with Crippen molar-refractivity contribution >= 4 is 11.9 Å². The molecule has 18 heavy (non-hydrogen) atoms. The lowest BCUT2D eigenvalue weighted by Crippen LogP contribution is -2.40. The van der Waals surface area contributed by atoms with Crippen LogP contribution >= 0.6 is 0 Å². The largest absolute Gasteiger partial charge is 0.354 e. The van der Waals surface area contributed by atoms with Gasteiger partial charge in [0.2, 0.25) is 5.91 Å². The summed E-state index contributed by atoms with van der Waals surface area (Å²) in [6.07, 6.45) is 6.85. The van der Waals surface area contributed by atoms with Gasteiger partial charge in [0.1, 0.15) is 0 Å². The molecule has 0 aromatic rings. The van der Waals surface area contributed by atoms with Gasteiger partial charge in [0.25, 0.3) is 0 Å². The Morgan fingerprint density at radius 3 is 2.33 bits per heavy atom. The number of rotatable bonds is 6. The van der Waals surface area contributed by atoms with Crippen molar-refractivity contribution in [1.29, 1.82) is 0 Å². The molecular formula is C13H25N3O2. The highest BCUT2D eigenvalue weighted by Crippen LogP contribution is 2.25. The van der Waals surface area contributed by atoms with Crippen molar-refractivity contribution in [1.82, 2.24) is 16.0 Å². The van der Waals surface area contributed by atoms with Gasteiger partial charge in [-0.25, -0.2) is 4.79 Å². The molecule has 1 rings (SSSR count). The standard InChI is InChI=1S/C13H25N3O2/c1-2-14-13(18)16-9-8-15-12(17)10-11-6-4-3-5-7-11/h11H,2-10H2,1H3,(H,15,17)(H2,14,16,18). The number of carbonyl (C=O) groups is 2. The van der Waals surface area contributed by atoms with Crippen molar-refractivity contribution in [3.8, 4) is 0 Å². The van der Waals surface area contributed by atoms with Gasteiger partial charge >= 0.3 is 6.03 Å². The Morgan fingerprint density at radius 2 is 1.67 bits per heavy atom. The average molecular weight is 255 g/mol. The van der Waals surface area contributed by atoms with E-state index in [1.165, 1.54) is 32.1 Å². The Balaban J connectivity index is 2.01. The summed E-state index contributed by atoms with van der Waals surface area (Å²) in [5, 5.41) is 8.16. The summed E-state index contributed by atoms with van der Waals surface area (Å²) < 4.78 is 0. The van der Waals surface area contributed by atoms with E-state index in [1.54, 1.807) is 0 Å². The molecule has 3 N–H and O–H groups in total. The van der Waals surface area contributed by atoms with Gasteiger partial charge < -0.3 is 16.0 Å². The molecule has 0 bridgehead atoms. The van der Waals surface area contributed by atoms with E-state index in [-0.39, 0.29) is 11.9 Å². The first kappa shape index (κ1) is 14.8. The molecular weight excluding hydrogens is 230 g/mol. The lowest BCUT2D eigenvalue weighted by Gasteiger charge is -2.20. The minimum absolute atomic E-state index is 0.111. The van der Waals surface area contributed by atoms with Crippen LogP contribution in [0.25, 0.3) is 0 Å². The summed E-state index contributed by atoms with van der Waals surface area (Å²) in [5.41, 5.74) is 0. The van der Waals surface area contributed by atoms with Gasteiger partial charge in [0.05, 0.1) is 0 Å². The molecule has 1 aliphatic carbocycles. The third kappa shape index (κ3) is 6.47. The van der Waals surface area contributed by atoms with Gasteiger partial charge in [-0.15, -0.1) is 0 Å². The van der Waals surface area contributed by atoms with Crippen molar-refractivity contribution in [3.63, 3.8) is 0 Å². The van der Waals surface area contributed by atoms with E-state index < -0.39 is 0 Å². The minimum Gasteiger partial charge on any atom is -0.354 e. The highest BCUT2D eigenvalue weighted by Gasteiger charge is 2.16. The van der Waals surface area contributed by atoms with E-state index in [1.807, 2.05) is 6.92 Å². The fourth-order valence-corrected chi connectivity index (χ4v) is 2.33. The summed E-state index contributed by atoms with van der Waals surface area (Å²) in [6, 6.07) is -0.181. The number of amides is 3. The zero-order valence-electron chi connectivity index (χ0n) is 11.3. The molecule has 0 heterocycles. The maximum atomic E-state index is 11.6. The van der Waals surface area contributed by atoms with E-state index in [2.05, 4.69) is 16.0 Å². The van der Waals surface area contributed by atoms with Gasteiger partial charge in [-0.2, -0.15) is 0 Å². The summed E-state index contributed by atoms with van der Waals surface area (Å²) in [5.74, 6) is 0.676. The second-order valence-corrected chi connectivity index (χ2v) is 4.84. The van der Waals surface area contributed by atoms with Gasteiger partial charge in [0.15, 0.2) is 0 Å². The molecule has 104 valence electrons. The highest BCUT2D eigenvalue weighted by atomic mass is 16.2. The molecule has 5 heteroatoms. The van der Waals surface area contributed by atoms with Crippen molar-refractivity contribution in [2.24, 2.45) is 5.92 Å². The predicted octanol–water partition coefficient (Wildman–Crippen LogP) is 1.39. The monoisotopic (exact) mass is 255 g/mol. The molecule has 0 aromatic carbocycles. The molecule has 0 atom stereocenters. The van der Waals surface area contributed by atoms with Crippen molar-refractivity contribution in [2.45, 2.75) is 45.4 Å². The number of nitrogens with one attached hydrogen (secondary N) is 3. The maximum absolute atomic E-state index is 11.6. The minimum atomic E-state index is -0.181. The third-order valence-corrected chi connectivity index (χ3v) is 3.27. The second-order valence-electron chi connectivity index (χ2n) is 4.84. The zero-order valence-corrected chi connectivity index (χ0v) is 11.3. The molecule has 1 fully saturated rings. The first-order valence-corrected chi connectivity index (χ1v) is 7.00. The summed E-state index contributed by atoms with van der Waals surface area (Å²) >= 11 is 0. The van der Waals surface area contributed by atoms with E-state index in [0.29, 0.717) is 32.0 Å². The van der Waals surface area contributed by atoms with Crippen LogP contribution in [0.15, 0.2) is 0 Å². The van der Waals surface area contributed by atoms with Crippen LogP contribution in [-0.4, -0.2) is 31.6 Å². The summed E-state index contributed by atoms with van der Waals surface area (Å²) in [7, 11) is 0. The molecule has 1 aliphatic rings. The predicted molar refractivity (Wildman–Crippen MR) is 71.3 cm³/mol. The van der Waals surface area contributed by atoms with E-state index >= 15 is 0 Å². The van der Waals surface area contributed by atoms with Crippen LogP contribution in [0.3, 0.4) is 0 Å². The van der Waals surface area contributed by atoms with Crippen LogP contribution in [0.2, 0.25) is 0 Å². The smallest absolute Gasteiger partial charge is 0.314 e. The Morgan fingerprint density at radius 1 is 1.00 bits per heavy atom. The Bertz CT molecular complexity index is 263. The van der Waals surface area contributed by atoms with Crippen molar-refractivity contribution in [3.05, 3.63) is 0 Å². The second kappa shape index (κ2) is 8.78. The summed E-state index contributed by atoms with van der Waals surface area (Å²) in [6.45, 7) is 3.45. The lowest BCUT2D eigenvalue weighted by molar-refractivity contribution is -0.122. The SMILES string of the molecule is CCNC(=O)NCCNC(=O)CC1CCCCC1. The topological polar surface area (TPSA) is 70.2 Å². The number of hydrogen-bond acceptors (Lipinski definition) is 2. The van der Waals surface area contributed by atoms with Crippen LogP contribution in [0.4, 0.5) is 4.79 Å². The highest BCUT2D eigenvalue weighted by molar-refractivity contribution is 5.76. The molecule has 3 amide bonds. The summed E-state index contributed by atoms with van der Waals surface area (Å²) in [4.78, 5) is 22.7. The van der Waals surface area contributed by atoms with Crippen LogP contribution in [0, 0.1) is 5.92 Å². The normalized spacial score (nSPS) is 16.1.